The molecule has 1 atom stereocenters. The molecule has 0 saturated carbocycles. The smallest absolute Gasteiger partial charge is 0.194 e. The number of imidazole rings is 1. The highest BCUT2D eigenvalue weighted by Gasteiger charge is 2.18. The molecule has 0 N–H and O–H groups in total. The molecule has 0 aromatic carbocycles. The highest BCUT2D eigenvalue weighted by Crippen LogP contribution is 2.25. The van der Waals surface area contributed by atoms with Crippen LogP contribution < -0.4 is 0 Å². The lowest BCUT2D eigenvalue weighted by molar-refractivity contribution is 0.619. The van der Waals surface area contributed by atoms with E-state index in [-0.39, 0.29) is 6.04 Å². The first-order valence-corrected chi connectivity index (χ1v) is 6.99. The Balaban J connectivity index is 2.04. The zero-order valence-corrected chi connectivity index (χ0v) is 11.6. The molecule has 0 fully saturated rings. The van der Waals surface area contributed by atoms with Gasteiger partial charge in [-0.25, -0.2) is 19.6 Å². The summed E-state index contributed by atoms with van der Waals surface area (Å²) in [6, 6.07) is 0.138. The highest BCUT2D eigenvalue weighted by molar-refractivity contribution is 7.09. The second-order valence-electron chi connectivity index (χ2n) is 4.10. The first-order chi connectivity index (χ1) is 9.31. The number of nitrogens with zero attached hydrogens (tertiary/aromatic N) is 6. The van der Waals surface area contributed by atoms with E-state index in [4.69, 9.17) is 0 Å². The summed E-state index contributed by atoms with van der Waals surface area (Å²) in [6.07, 6.45) is 7.12. The van der Waals surface area contributed by atoms with Crippen LogP contribution >= 0.6 is 11.3 Å². The molecule has 0 spiro atoms. The van der Waals surface area contributed by atoms with Crippen LogP contribution in [0.4, 0.5) is 0 Å². The summed E-state index contributed by atoms with van der Waals surface area (Å²) >= 11 is 1.64. The SMILES string of the molecule is CCn1ncnc1-c1nccn1[C@H](C)c1nccs1. The van der Waals surface area contributed by atoms with Gasteiger partial charge in [-0.1, -0.05) is 0 Å². The summed E-state index contributed by atoms with van der Waals surface area (Å²) in [7, 11) is 0. The zero-order valence-electron chi connectivity index (χ0n) is 10.8. The summed E-state index contributed by atoms with van der Waals surface area (Å²) < 4.78 is 3.92. The van der Waals surface area contributed by atoms with Crippen LogP contribution in [0.5, 0.6) is 0 Å². The van der Waals surface area contributed by atoms with Gasteiger partial charge in [0.25, 0.3) is 0 Å². The monoisotopic (exact) mass is 274 g/mol. The number of rotatable bonds is 4. The zero-order chi connectivity index (χ0) is 13.2. The molecule has 19 heavy (non-hydrogen) atoms. The van der Waals surface area contributed by atoms with Crippen LogP contribution in [0.2, 0.25) is 0 Å². The second kappa shape index (κ2) is 4.93. The predicted molar refractivity (Wildman–Crippen MR) is 72.8 cm³/mol. The van der Waals surface area contributed by atoms with E-state index in [1.54, 1.807) is 23.9 Å². The standard InChI is InChI=1S/C12H14N6S/c1-3-18-11(15-8-16-18)10-13-4-6-17(10)9(2)12-14-5-7-19-12/h4-9H,3H2,1-2H3/t9-/m1/s1. The Morgan fingerprint density at radius 2 is 2.11 bits per heavy atom. The molecule has 6 nitrogen and oxygen atoms in total. The van der Waals surface area contributed by atoms with Crippen LogP contribution in [-0.4, -0.2) is 29.3 Å². The van der Waals surface area contributed by atoms with Crippen LogP contribution in [0.1, 0.15) is 24.9 Å². The van der Waals surface area contributed by atoms with E-state index in [0.29, 0.717) is 0 Å². The van der Waals surface area contributed by atoms with Gasteiger partial charge in [-0.2, -0.15) is 5.10 Å². The quantitative estimate of drug-likeness (QED) is 0.732. The Hall–Kier alpha value is -2.02. The number of thiazole rings is 1. The summed E-state index contributed by atoms with van der Waals surface area (Å²) in [5.41, 5.74) is 0. The molecule has 0 aliphatic carbocycles. The molecule has 3 aromatic heterocycles. The van der Waals surface area contributed by atoms with Gasteiger partial charge >= 0.3 is 0 Å². The van der Waals surface area contributed by atoms with Gasteiger partial charge in [-0.3, -0.25) is 0 Å². The average molecular weight is 274 g/mol. The Bertz CT molecular complexity index is 653. The summed E-state index contributed by atoms with van der Waals surface area (Å²) in [4.78, 5) is 13.1. The van der Waals surface area contributed by atoms with E-state index in [1.807, 2.05) is 29.4 Å². The van der Waals surface area contributed by atoms with Crippen molar-refractivity contribution in [2.45, 2.75) is 26.4 Å². The van der Waals surface area contributed by atoms with Gasteiger partial charge in [0.15, 0.2) is 11.6 Å². The predicted octanol–water partition coefficient (Wildman–Crippen LogP) is 2.23. The van der Waals surface area contributed by atoms with Crippen LogP contribution in [0.25, 0.3) is 11.6 Å². The minimum atomic E-state index is 0.138. The maximum atomic E-state index is 4.41. The largest absolute Gasteiger partial charge is 0.319 e. The third-order valence-corrected chi connectivity index (χ3v) is 3.96. The van der Waals surface area contributed by atoms with E-state index >= 15 is 0 Å². The summed E-state index contributed by atoms with van der Waals surface area (Å²) in [5.74, 6) is 1.61. The van der Waals surface area contributed by atoms with Gasteiger partial charge in [0.05, 0.1) is 6.04 Å². The number of aromatic nitrogens is 6. The van der Waals surface area contributed by atoms with Gasteiger partial charge in [0, 0.05) is 30.5 Å². The van der Waals surface area contributed by atoms with E-state index in [0.717, 1.165) is 23.2 Å². The topological polar surface area (TPSA) is 61.4 Å². The van der Waals surface area contributed by atoms with Crippen LogP contribution in [0.15, 0.2) is 30.3 Å². The Kier molecular flexibility index (Phi) is 3.12. The third-order valence-electron chi connectivity index (χ3n) is 3.01. The van der Waals surface area contributed by atoms with Crippen molar-refractivity contribution in [1.82, 2.24) is 29.3 Å². The van der Waals surface area contributed by atoms with Crippen LogP contribution in [-0.2, 0) is 6.54 Å². The van der Waals surface area contributed by atoms with Crippen LogP contribution in [0, 0.1) is 0 Å². The maximum absolute atomic E-state index is 4.41. The third kappa shape index (κ3) is 2.06. The van der Waals surface area contributed by atoms with Gasteiger partial charge in [0.1, 0.15) is 11.3 Å². The number of hydrogen-bond acceptors (Lipinski definition) is 5. The van der Waals surface area contributed by atoms with E-state index in [1.165, 1.54) is 0 Å². The second-order valence-corrected chi connectivity index (χ2v) is 5.03. The van der Waals surface area contributed by atoms with Crippen molar-refractivity contribution in [3.05, 3.63) is 35.3 Å². The minimum Gasteiger partial charge on any atom is -0.319 e. The average Bonchev–Trinajstić information content (AvgIpc) is 3.16. The van der Waals surface area contributed by atoms with Crippen molar-refractivity contribution in [3.8, 4) is 11.6 Å². The number of hydrogen-bond donors (Lipinski definition) is 0. The Morgan fingerprint density at radius 3 is 2.84 bits per heavy atom. The molecule has 0 aliphatic rings. The van der Waals surface area contributed by atoms with Gasteiger partial charge < -0.3 is 4.57 Å². The summed E-state index contributed by atoms with van der Waals surface area (Å²) in [6.45, 7) is 4.92. The molecule has 0 unspecified atom stereocenters. The van der Waals surface area contributed by atoms with Crippen molar-refractivity contribution >= 4 is 11.3 Å². The Labute approximate surface area is 114 Å². The molecule has 7 heteroatoms. The molecule has 0 amide bonds. The molecular weight excluding hydrogens is 260 g/mol. The molecule has 98 valence electrons. The first-order valence-electron chi connectivity index (χ1n) is 6.11. The Morgan fingerprint density at radius 1 is 1.21 bits per heavy atom. The summed E-state index contributed by atoms with van der Waals surface area (Å²) in [5, 5.41) is 7.23. The first kappa shape index (κ1) is 12.0. The normalized spacial score (nSPS) is 12.7. The molecule has 0 bridgehead atoms. The maximum Gasteiger partial charge on any atom is 0.194 e. The fraction of sp³-hybridized carbons (Fsp3) is 0.333. The van der Waals surface area contributed by atoms with Crippen molar-refractivity contribution in [3.63, 3.8) is 0 Å². The van der Waals surface area contributed by atoms with Crippen LogP contribution in [0.3, 0.4) is 0 Å². The lowest BCUT2D eigenvalue weighted by Crippen LogP contribution is -2.10. The van der Waals surface area contributed by atoms with E-state index in [2.05, 4.69) is 31.5 Å². The van der Waals surface area contributed by atoms with Crippen molar-refractivity contribution in [2.75, 3.05) is 0 Å². The molecule has 0 saturated heterocycles. The molecule has 0 radical (unpaired) electrons. The lowest BCUT2D eigenvalue weighted by Gasteiger charge is -2.13. The molecule has 3 rings (SSSR count). The van der Waals surface area contributed by atoms with Crippen molar-refractivity contribution in [2.24, 2.45) is 0 Å². The molecule has 3 aromatic rings. The lowest BCUT2D eigenvalue weighted by atomic mass is 10.3. The number of aryl methyl sites for hydroxylation is 1. The highest BCUT2D eigenvalue weighted by atomic mass is 32.1. The molecule has 0 aliphatic heterocycles. The molecule has 3 heterocycles. The van der Waals surface area contributed by atoms with Gasteiger partial charge in [-0.15, -0.1) is 11.3 Å². The van der Waals surface area contributed by atoms with Gasteiger partial charge in [0.2, 0.25) is 0 Å². The van der Waals surface area contributed by atoms with Crippen molar-refractivity contribution in [1.29, 1.82) is 0 Å². The molecular formula is C12H14N6S. The van der Waals surface area contributed by atoms with Gasteiger partial charge in [-0.05, 0) is 13.8 Å². The van der Waals surface area contributed by atoms with E-state index in [9.17, 15) is 0 Å². The minimum absolute atomic E-state index is 0.138. The fourth-order valence-corrected chi connectivity index (χ4v) is 2.72. The van der Waals surface area contributed by atoms with E-state index < -0.39 is 0 Å². The van der Waals surface area contributed by atoms with Crippen molar-refractivity contribution < 1.29 is 0 Å². The fourth-order valence-electron chi connectivity index (χ4n) is 2.03.